The molecule has 0 fully saturated rings. The van der Waals surface area contributed by atoms with Gasteiger partial charge in [0.05, 0.1) is 5.75 Å². The van der Waals surface area contributed by atoms with Crippen LogP contribution in [0.4, 0.5) is 0 Å². The van der Waals surface area contributed by atoms with Crippen molar-refractivity contribution in [3.63, 3.8) is 0 Å². The minimum Gasteiger partial charge on any atom is -0.411 e. The summed E-state index contributed by atoms with van der Waals surface area (Å²) in [7, 11) is 0. The van der Waals surface area contributed by atoms with Gasteiger partial charge >= 0.3 is 0 Å². The van der Waals surface area contributed by atoms with E-state index in [1.807, 2.05) is 31.2 Å². The topological polar surface area (TPSA) is 68.0 Å². The number of rotatable bonds is 6. The lowest BCUT2D eigenvalue weighted by Gasteiger charge is -2.04. The summed E-state index contributed by atoms with van der Waals surface area (Å²) in [4.78, 5) is 11.9. The van der Waals surface area contributed by atoms with Crippen LogP contribution in [0.5, 0.6) is 0 Å². The summed E-state index contributed by atoms with van der Waals surface area (Å²) in [6.45, 7) is 2.53. The Kier molecular flexibility index (Phi) is 5.73. The fraction of sp³-hybridized carbons (Fsp3) is 0.167. The highest BCUT2D eigenvalue weighted by Gasteiger charge is 2.11. The van der Waals surface area contributed by atoms with Crippen LogP contribution in [0.3, 0.4) is 0 Å². The number of amides is 1. The van der Waals surface area contributed by atoms with Gasteiger partial charge in [-0.25, -0.2) is 0 Å². The quantitative estimate of drug-likeness (QED) is 0.658. The maximum absolute atomic E-state index is 11.9. The van der Waals surface area contributed by atoms with E-state index >= 15 is 0 Å². The van der Waals surface area contributed by atoms with Gasteiger partial charge in [-0.2, -0.15) is 0 Å². The van der Waals surface area contributed by atoms with E-state index in [1.54, 1.807) is 24.3 Å². The van der Waals surface area contributed by atoms with Gasteiger partial charge in [0.25, 0.3) is 5.22 Å². The Balaban J connectivity index is 1.49. The van der Waals surface area contributed by atoms with Gasteiger partial charge in [0.1, 0.15) is 0 Å². The molecule has 1 heterocycles. The molecule has 7 heteroatoms. The monoisotopic (exact) mass is 373 g/mol. The number of aromatic nitrogens is 2. The molecule has 1 amide bonds. The molecule has 25 heavy (non-hydrogen) atoms. The van der Waals surface area contributed by atoms with Gasteiger partial charge in [0.15, 0.2) is 0 Å². The molecule has 0 unspecified atom stereocenters. The summed E-state index contributed by atoms with van der Waals surface area (Å²) in [5, 5.41) is 11.8. The van der Waals surface area contributed by atoms with Crippen molar-refractivity contribution in [1.82, 2.24) is 15.5 Å². The van der Waals surface area contributed by atoms with Gasteiger partial charge in [-0.1, -0.05) is 53.2 Å². The van der Waals surface area contributed by atoms with Crippen LogP contribution in [0.15, 0.2) is 58.2 Å². The number of hydrogen-bond donors (Lipinski definition) is 1. The van der Waals surface area contributed by atoms with Crippen molar-refractivity contribution in [3.05, 3.63) is 64.7 Å². The van der Waals surface area contributed by atoms with Crippen LogP contribution in [0.1, 0.15) is 11.1 Å². The summed E-state index contributed by atoms with van der Waals surface area (Å²) in [5.74, 6) is 0.532. The van der Waals surface area contributed by atoms with Crippen molar-refractivity contribution in [3.8, 4) is 11.5 Å². The van der Waals surface area contributed by atoms with E-state index in [9.17, 15) is 4.79 Å². The van der Waals surface area contributed by atoms with Gasteiger partial charge in [0.2, 0.25) is 11.8 Å². The second kappa shape index (κ2) is 8.18. The van der Waals surface area contributed by atoms with E-state index in [2.05, 4.69) is 15.5 Å². The molecule has 0 aliphatic carbocycles. The Morgan fingerprint density at radius 1 is 1.12 bits per heavy atom. The van der Waals surface area contributed by atoms with E-state index in [0.29, 0.717) is 22.7 Å². The van der Waals surface area contributed by atoms with Crippen molar-refractivity contribution in [2.24, 2.45) is 0 Å². The van der Waals surface area contributed by atoms with Gasteiger partial charge in [-0.3, -0.25) is 4.79 Å². The van der Waals surface area contributed by atoms with Gasteiger partial charge in [-0.15, -0.1) is 10.2 Å². The summed E-state index contributed by atoms with van der Waals surface area (Å²) in [6, 6.07) is 15.2. The largest absolute Gasteiger partial charge is 0.411 e. The number of nitrogens with zero attached hydrogens (tertiary/aromatic N) is 2. The molecule has 3 aromatic rings. The highest BCUT2D eigenvalue weighted by molar-refractivity contribution is 7.99. The van der Waals surface area contributed by atoms with Crippen LogP contribution in [0, 0.1) is 6.92 Å². The van der Waals surface area contributed by atoms with E-state index in [0.717, 1.165) is 11.1 Å². The fourth-order valence-corrected chi connectivity index (χ4v) is 2.78. The Morgan fingerprint density at radius 3 is 2.56 bits per heavy atom. The Hall–Kier alpha value is -2.31. The van der Waals surface area contributed by atoms with E-state index in [4.69, 9.17) is 16.0 Å². The Morgan fingerprint density at radius 2 is 1.84 bits per heavy atom. The first-order chi connectivity index (χ1) is 12.1. The molecule has 2 aromatic carbocycles. The average Bonchev–Trinajstić information content (AvgIpc) is 3.09. The zero-order chi connectivity index (χ0) is 17.6. The van der Waals surface area contributed by atoms with Crippen LogP contribution < -0.4 is 5.32 Å². The van der Waals surface area contributed by atoms with Crippen molar-refractivity contribution in [1.29, 1.82) is 0 Å². The first-order valence-electron chi connectivity index (χ1n) is 7.64. The number of thioether (sulfide) groups is 1. The summed E-state index contributed by atoms with van der Waals surface area (Å²) < 4.78 is 5.55. The molecule has 0 saturated heterocycles. The normalized spacial score (nSPS) is 10.6. The van der Waals surface area contributed by atoms with Gasteiger partial charge < -0.3 is 9.73 Å². The first-order valence-corrected chi connectivity index (χ1v) is 9.01. The highest BCUT2D eigenvalue weighted by Crippen LogP contribution is 2.24. The zero-order valence-electron chi connectivity index (χ0n) is 13.5. The lowest BCUT2D eigenvalue weighted by atomic mass is 10.1. The lowest BCUT2D eigenvalue weighted by molar-refractivity contribution is -0.118. The summed E-state index contributed by atoms with van der Waals surface area (Å²) >= 11 is 7.06. The van der Waals surface area contributed by atoms with Crippen molar-refractivity contribution < 1.29 is 9.21 Å². The van der Waals surface area contributed by atoms with E-state index in [1.165, 1.54) is 17.3 Å². The summed E-state index contributed by atoms with van der Waals surface area (Å²) in [5.41, 5.74) is 3.04. The van der Waals surface area contributed by atoms with Crippen LogP contribution in [0.2, 0.25) is 5.02 Å². The molecule has 3 rings (SSSR count). The van der Waals surface area contributed by atoms with Crippen molar-refractivity contribution in [2.75, 3.05) is 5.75 Å². The lowest BCUT2D eigenvalue weighted by Crippen LogP contribution is -2.24. The predicted octanol–water partition coefficient (Wildman–Crippen LogP) is 4.11. The number of carbonyl (C=O) groups excluding carboxylic acids is 1. The van der Waals surface area contributed by atoms with E-state index < -0.39 is 0 Å². The van der Waals surface area contributed by atoms with Gasteiger partial charge in [0, 0.05) is 17.1 Å². The van der Waals surface area contributed by atoms with Crippen LogP contribution in [-0.4, -0.2) is 21.9 Å². The Labute approximate surface area is 154 Å². The van der Waals surface area contributed by atoms with Crippen molar-refractivity contribution in [2.45, 2.75) is 18.7 Å². The molecule has 1 aromatic heterocycles. The molecule has 0 aliphatic heterocycles. The second-order valence-corrected chi connectivity index (χ2v) is 6.79. The Bertz CT molecular complexity index is 848. The smallest absolute Gasteiger partial charge is 0.277 e. The minimum atomic E-state index is -0.0863. The molecular formula is C18H16ClN3O2S. The molecular weight excluding hydrogens is 358 g/mol. The first kappa shape index (κ1) is 17.5. The maximum atomic E-state index is 11.9. The summed E-state index contributed by atoms with van der Waals surface area (Å²) in [6.07, 6.45) is 0. The third kappa shape index (κ3) is 5.08. The molecule has 0 bridgehead atoms. The maximum Gasteiger partial charge on any atom is 0.277 e. The second-order valence-electron chi connectivity index (χ2n) is 5.43. The third-order valence-electron chi connectivity index (χ3n) is 3.43. The molecule has 1 N–H and O–H groups in total. The molecule has 128 valence electrons. The zero-order valence-corrected chi connectivity index (χ0v) is 15.1. The predicted molar refractivity (Wildman–Crippen MR) is 98.5 cm³/mol. The molecule has 0 radical (unpaired) electrons. The number of nitrogens with one attached hydrogen (secondary N) is 1. The number of halogens is 1. The van der Waals surface area contributed by atoms with Gasteiger partial charge in [-0.05, 0) is 36.8 Å². The fourth-order valence-electron chi connectivity index (χ4n) is 2.06. The van der Waals surface area contributed by atoms with Crippen LogP contribution >= 0.6 is 23.4 Å². The highest BCUT2D eigenvalue weighted by atomic mass is 35.5. The minimum absolute atomic E-state index is 0.0863. The SMILES string of the molecule is Cc1ccc(CNC(=O)CSc2nnc(-c3ccc(Cl)cc3)o2)cc1. The number of hydrogen-bond acceptors (Lipinski definition) is 5. The van der Waals surface area contributed by atoms with Crippen LogP contribution in [-0.2, 0) is 11.3 Å². The molecule has 0 aliphatic rings. The van der Waals surface area contributed by atoms with Crippen molar-refractivity contribution >= 4 is 29.3 Å². The number of aryl methyl sites for hydroxylation is 1. The third-order valence-corrected chi connectivity index (χ3v) is 4.51. The van der Waals surface area contributed by atoms with Crippen LogP contribution in [0.25, 0.3) is 11.5 Å². The average molecular weight is 374 g/mol. The number of carbonyl (C=O) groups is 1. The standard InChI is InChI=1S/C18H16ClN3O2S/c1-12-2-4-13(5-3-12)10-20-16(23)11-25-18-22-21-17(24-18)14-6-8-15(19)9-7-14/h2-9H,10-11H2,1H3,(H,20,23). The molecule has 0 saturated carbocycles. The molecule has 0 spiro atoms. The molecule has 5 nitrogen and oxygen atoms in total. The van der Waals surface area contributed by atoms with E-state index in [-0.39, 0.29) is 11.7 Å². The number of benzene rings is 2. The molecule has 0 atom stereocenters.